The lowest BCUT2D eigenvalue weighted by Crippen LogP contribution is -2.31. The van der Waals surface area contributed by atoms with Gasteiger partial charge in [0.2, 0.25) is 0 Å². The second-order valence-electron chi connectivity index (χ2n) is 7.89. The van der Waals surface area contributed by atoms with Crippen LogP contribution in [-0.4, -0.2) is 44.7 Å². The highest BCUT2D eigenvalue weighted by Gasteiger charge is 2.29. The van der Waals surface area contributed by atoms with Crippen molar-refractivity contribution in [2.45, 2.75) is 32.9 Å². The van der Waals surface area contributed by atoms with E-state index in [4.69, 9.17) is 0 Å². The topological polar surface area (TPSA) is 63.1 Å². The summed E-state index contributed by atoms with van der Waals surface area (Å²) < 4.78 is 1.71. The van der Waals surface area contributed by atoms with Crippen LogP contribution in [0.1, 0.15) is 35.0 Å². The molecule has 0 aliphatic carbocycles. The zero-order valence-corrected chi connectivity index (χ0v) is 16.7. The number of amides is 1. The number of hydrogen-bond acceptors (Lipinski definition) is 4. The molecule has 6 nitrogen and oxygen atoms in total. The maximum atomic E-state index is 12.8. The Bertz CT molecular complexity index is 981. The molecule has 28 heavy (non-hydrogen) atoms. The van der Waals surface area contributed by atoms with Crippen LogP contribution in [0.5, 0.6) is 0 Å². The van der Waals surface area contributed by atoms with Gasteiger partial charge in [-0.15, -0.1) is 0 Å². The number of likely N-dealkylation sites (tertiary alicyclic amines) is 1. The van der Waals surface area contributed by atoms with E-state index in [-0.39, 0.29) is 5.91 Å². The van der Waals surface area contributed by atoms with E-state index in [9.17, 15) is 4.79 Å². The van der Waals surface area contributed by atoms with Crippen molar-refractivity contribution in [3.63, 3.8) is 0 Å². The van der Waals surface area contributed by atoms with Gasteiger partial charge in [0.1, 0.15) is 0 Å². The Labute approximate surface area is 165 Å². The van der Waals surface area contributed by atoms with E-state index in [0.29, 0.717) is 24.1 Å². The fraction of sp³-hybridized carbons (Fsp3) is 0.409. The van der Waals surface area contributed by atoms with E-state index in [2.05, 4.69) is 57.6 Å². The predicted octanol–water partition coefficient (Wildman–Crippen LogP) is 2.92. The quantitative estimate of drug-likeness (QED) is 0.743. The molecule has 1 N–H and O–H groups in total. The summed E-state index contributed by atoms with van der Waals surface area (Å²) in [6, 6.07) is 12.9. The Morgan fingerprint density at radius 2 is 2.07 bits per heavy atom. The Morgan fingerprint density at radius 1 is 1.29 bits per heavy atom. The molecule has 1 aliphatic heterocycles. The van der Waals surface area contributed by atoms with E-state index in [1.165, 1.54) is 5.56 Å². The van der Waals surface area contributed by atoms with E-state index in [1.807, 2.05) is 20.0 Å². The van der Waals surface area contributed by atoms with Crippen molar-refractivity contribution in [1.29, 1.82) is 0 Å². The van der Waals surface area contributed by atoms with Gasteiger partial charge in [-0.25, -0.2) is 4.98 Å². The number of hydrogen-bond donors (Lipinski definition) is 1. The Kier molecular flexibility index (Phi) is 5.13. The number of pyridine rings is 1. The first-order valence-corrected chi connectivity index (χ1v) is 9.87. The highest BCUT2D eigenvalue weighted by atomic mass is 16.1. The summed E-state index contributed by atoms with van der Waals surface area (Å²) >= 11 is 0. The van der Waals surface area contributed by atoms with E-state index in [0.717, 1.165) is 36.2 Å². The molecular formula is C22H27N5O. The summed E-state index contributed by atoms with van der Waals surface area (Å²) in [6.45, 7) is 6.84. The molecule has 0 spiro atoms. The molecule has 3 heterocycles. The van der Waals surface area contributed by atoms with Gasteiger partial charge < -0.3 is 5.32 Å². The fourth-order valence-corrected chi connectivity index (χ4v) is 4.16. The first-order chi connectivity index (χ1) is 13.5. The molecule has 146 valence electrons. The first kappa shape index (κ1) is 18.6. The van der Waals surface area contributed by atoms with Crippen LogP contribution >= 0.6 is 0 Å². The molecule has 6 heteroatoms. The Morgan fingerprint density at radius 3 is 2.86 bits per heavy atom. The van der Waals surface area contributed by atoms with Gasteiger partial charge in [0.15, 0.2) is 5.65 Å². The van der Waals surface area contributed by atoms with Crippen LogP contribution in [0.2, 0.25) is 0 Å². The molecule has 1 fully saturated rings. The molecular weight excluding hydrogens is 350 g/mol. The average molecular weight is 377 g/mol. The number of rotatable bonds is 5. The van der Waals surface area contributed by atoms with E-state index in [1.54, 1.807) is 10.9 Å². The summed E-state index contributed by atoms with van der Waals surface area (Å²) in [7, 11) is 1.84. The lowest BCUT2D eigenvalue weighted by molar-refractivity contribution is 0.0948. The van der Waals surface area contributed by atoms with Gasteiger partial charge in [-0.05, 0) is 37.8 Å². The zero-order valence-electron chi connectivity index (χ0n) is 16.7. The largest absolute Gasteiger partial charge is 0.352 e. The highest BCUT2D eigenvalue weighted by Crippen LogP contribution is 2.25. The lowest BCUT2D eigenvalue weighted by Gasteiger charge is -2.21. The molecule has 2 atom stereocenters. The zero-order chi connectivity index (χ0) is 19.7. The third-order valence-electron chi connectivity index (χ3n) is 5.65. The molecule has 0 saturated carbocycles. The minimum absolute atomic E-state index is 0.0438. The minimum atomic E-state index is -0.0438. The van der Waals surface area contributed by atoms with Gasteiger partial charge in [0, 0.05) is 38.4 Å². The van der Waals surface area contributed by atoms with Crippen molar-refractivity contribution in [3.8, 4) is 0 Å². The Balaban J connectivity index is 1.39. The summed E-state index contributed by atoms with van der Waals surface area (Å²) in [5.74, 6) is 0.424. The second kappa shape index (κ2) is 7.72. The van der Waals surface area contributed by atoms with Gasteiger partial charge in [-0.3, -0.25) is 14.4 Å². The number of aryl methyl sites for hydroxylation is 2. The molecule has 0 bridgehead atoms. The Hall–Kier alpha value is -2.73. The van der Waals surface area contributed by atoms with Crippen LogP contribution in [0.25, 0.3) is 11.0 Å². The molecule has 1 aromatic carbocycles. The number of aromatic nitrogens is 3. The number of nitrogens with one attached hydrogen (secondary N) is 1. The van der Waals surface area contributed by atoms with Crippen LogP contribution in [0.4, 0.5) is 0 Å². The maximum Gasteiger partial charge on any atom is 0.252 e. The molecule has 2 aromatic heterocycles. The average Bonchev–Trinajstić information content (AvgIpc) is 3.23. The van der Waals surface area contributed by atoms with Crippen LogP contribution < -0.4 is 5.32 Å². The van der Waals surface area contributed by atoms with Gasteiger partial charge in [0.25, 0.3) is 5.91 Å². The normalized spacial score (nSPS) is 20.0. The van der Waals surface area contributed by atoms with Crippen LogP contribution in [0.15, 0.2) is 42.6 Å². The number of nitrogens with zero attached hydrogens (tertiary/aromatic N) is 4. The summed E-state index contributed by atoms with van der Waals surface area (Å²) in [5.41, 5.74) is 3.56. The summed E-state index contributed by atoms with van der Waals surface area (Å²) in [5, 5.41) is 8.19. The monoisotopic (exact) mass is 377 g/mol. The molecule has 4 rings (SSSR count). The number of benzene rings is 1. The van der Waals surface area contributed by atoms with Crippen LogP contribution in [0, 0.1) is 12.8 Å². The van der Waals surface area contributed by atoms with Gasteiger partial charge in [-0.1, -0.05) is 30.3 Å². The smallest absolute Gasteiger partial charge is 0.252 e. The van der Waals surface area contributed by atoms with Gasteiger partial charge in [-0.2, -0.15) is 5.10 Å². The van der Waals surface area contributed by atoms with Crippen molar-refractivity contribution >= 4 is 16.9 Å². The van der Waals surface area contributed by atoms with Crippen molar-refractivity contribution < 1.29 is 4.79 Å². The maximum absolute atomic E-state index is 12.8. The van der Waals surface area contributed by atoms with Crippen molar-refractivity contribution in [1.82, 2.24) is 25.0 Å². The first-order valence-electron chi connectivity index (χ1n) is 9.87. The highest BCUT2D eigenvalue weighted by molar-refractivity contribution is 6.05. The van der Waals surface area contributed by atoms with E-state index >= 15 is 0 Å². The standard InChI is InChI=1S/C22H27N5O/c1-15-9-19(20-12-24-26(3)21(20)25-15)22(28)23-11-18-10-16(2)27(14-18)13-17-7-5-4-6-8-17/h4-9,12,16,18H,10-11,13-14H2,1-3H3,(H,23,28). The third kappa shape index (κ3) is 3.78. The molecule has 0 radical (unpaired) electrons. The summed E-state index contributed by atoms with van der Waals surface area (Å²) in [6.07, 6.45) is 2.82. The summed E-state index contributed by atoms with van der Waals surface area (Å²) in [4.78, 5) is 19.8. The van der Waals surface area contributed by atoms with Crippen LogP contribution in [-0.2, 0) is 13.6 Å². The van der Waals surface area contributed by atoms with Crippen molar-refractivity contribution in [3.05, 3.63) is 59.4 Å². The van der Waals surface area contributed by atoms with Gasteiger partial charge in [0.05, 0.1) is 17.1 Å². The third-order valence-corrected chi connectivity index (χ3v) is 5.65. The molecule has 2 unspecified atom stereocenters. The fourth-order valence-electron chi connectivity index (χ4n) is 4.16. The van der Waals surface area contributed by atoms with Crippen molar-refractivity contribution in [2.75, 3.05) is 13.1 Å². The number of carbonyl (C=O) groups is 1. The van der Waals surface area contributed by atoms with Crippen LogP contribution in [0.3, 0.4) is 0 Å². The molecule has 1 aliphatic rings. The number of fused-ring (bicyclic) bond motifs is 1. The minimum Gasteiger partial charge on any atom is -0.352 e. The van der Waals surface area contributed by atoms with Gasteiger partial charge >= 0.3 is 0 Å². The molecule has 3 aromatic rings. The second-order valence-corrected chi connectivity index (χ2v) is 7.89. The van der Waals surface area contributed by atoms with E-state index < -0.39 is 0 Å². The SMILES string of the molecule is Cc1cc(C(=O)NCC2CC(C)N(Cc3ccccc3)C2)c2cnn(C)c2n1. The molecule has 1 saturated heterocycles. The lowest BCUT2D eigenvalue weighted by atomic mass is 10.1. The molecule has 1 amide bonds. The predicted molar refractivity (Wildman–Crippen MR) is 110 cm³/mol. The number of carbonyl (C=O) groups excluding carboxylic acids is 1. The van der Waals surface area contributed by atoms with Crippen molar-refractivity contribution in [2.24, 2.45) is 13.0 Å².